The molecule has 5 heteroatoms. The third-order valence-corrected chi connectivity index (χ3v) is 3.86. The predicted molar refractivity (Wildman–Crippen MR) is 92.4 cm³/mol. The van der Waals surface area contributed by atoms with E-state index in [1.807, 2.05) is 50.4 Å². The molecule has 0 spiro atoms. The quantitative estimate of drug-likeness (QED) is 0.776. The molecule has 3 rings (SSSR count). The molecule has 0 aliphatic heterocycles. The molecule has 1 aromatic heterocycles. The summed E-state index contributed by atoms with van der Waals surface area (Å²) >= 11 is 5.90. The first-order valence-electron chi connectivity index (χ1n) is 7.24. The maximum Gasteiger partial charge on any atom is 0.257 e. The van der Waals surface area contributed by atoms with Gasteiger partial charge < -0.3 is 5.32 Å². The van der Waals surface area contributed by atoms with Crippen LogP contribution in [0.3, 0.4) is 0 Å². The van der Waals surface area contributed by atoms with E-state index in [-0.39, 0.29) is 5.91 Å². The van der Waals surface area contributed by atoms with E-state index in [1.54, 1.807) is 22.9 Å². The van der Waals surface area contributed by atoms with Gasteiger partial charge in [0.2, 0.25) is 0 Å². The SMILES string of the molecule is Cc1ccccc1C(=O)Nc1nn(-c2ccc(Cl)cc2)cc1C. The minimum Gasteiger partial charge on any atom is -0.305 e. The zero-order chi connectivity index (χ0) is 16.4. The summed E-state index contributed by atoms with van der Waals surface area (Å²) < 4.78 is 1.72. The molecule has 0 saturated carbocycles. The molecule has 0 fully saturated rings. The summed E-state index contributed by atoms with van der Waals surface area (Å²) in [7, 11) is 0. The Labute approximate surface area is 139 Å². The number of nitrogens with one attached hydrogen (secondary N) is 1. The van der Waals surface area contributed by atoms with Crippen molar-refractivity contribution >= 4 is 23.3 Å². The number of hydrogen-bond acceptors (Lipinski definition) is 2. The van der Waals surface area contributed by atoms with Crippen LogP contribution in [0.5, 0.6) is 0 Å². The third kappa shape index (κ3) is 3.27. The molecular formula is C18H16ClN3O. The van der Waals surface area contributed by atoms with Gasteiger partial charge in [0.15, 0.2) is 5.82 Å². The van der Waals surface area contributed by atoms with Gasteiger partial charge in [-0.25, -0.2) is 4.68 Å². The van der Waals surface area contributed by atoms with Crippen molar-refractivity contribution in [2.45, 2.75) is 13.8 Å². The van der Waals surface area contributed by atoms with Crippen LogP contribution in [0.15, 0.2) is 54.7 Å². The molecule has 0 aliphatic rings. The lowest BCUT2D eigenvalue weighted by Crippen LogP contribution is -2.14. The lowest BCUT2D eigenvalue weighted by atomic mass is 10.1. The molecule has 1 heterocycles. The van der Waals surface area contributed by atoms with Crippen LogP contribution in [-0.4, -0.2) is 15.7 Å². The molecule has 0 radical (unpaired) electrons. The van der Waals surface area contributed by atoms with Gasteiger partial charge >= 0.3 is 0 Å². The largest absolute Gasteiger partial charge is 0.305 e. The molecule has 0 atom stereocenters. The highest BCUT2D eigenvalue weighted by molar-refractivity contribution is 6.30. The van der Waals surface area contributed by atoms with Gasteiger partial charge in [0, 0.05) is 22.3 Å². The number of benzene rings is 2. The van der Waals surface area contributed by atoms with E-state index in [4.69, 9.17) is 11.6 Å². The second kappa shape index (κ2) is 6.26. The molecule has 2 aromatic carbocycles. The summed E-state index contributed by atoms with van der Waals surface area (Å²) in [5.74, 6) is 0.390. The van der Waals surface area contributed by atoms with Gasteiger partial charge in [-0.05, 0) is 49.7 Å². The number of hydrogen-bond donors (Lipinski definition) is 1. The second-order valence-electron chi connectivity index (χ2n) is 5.35. The second-order valence-corrected chi connectivity index (χ2v) is 5.79. The molecule has 0 saturated heterocycles. The van der Waals surface area contributed by atoms with Gasteiger partial charge in [0.1, 0.15) is 0 Å². The molecule has 23 heavy (non-hydrogen) atoms. The van der Waals surface area contributed by atoms with E-state index >= 15 is 0 Å². The van der Waals surface area contributed by atoms with Gasteiger partial charge in [-0.3, -0.25) is 4.79 Å². The Hall–Kier alpha value is -2.59. The number of nitrogens with zero attached hydrogens (tertiary/aromatic N) is 2. The first-order valence-corrected chi connectivity index (χ1v) is 7.61. The number of amides is 1. The summed E-state index contributed by atoms with van der Waals surface area (Å²) in [6.45, 7) is 3.82. The van der Waals surface area contributed by atoms with Crippen molar-refractivity contribution in [2.24, 2.45) is 0 Å². The van der Waals surface area contributed by atoms with Gasteiger partial charge in [-0.1, -0.05) is 29.8 Å². The summed E-state index contributed by atoms with van der Waals surface area (Å²) in [5, 5.41) is 7.99. The Bertz CT molecular complexity index is 853. The van der Waals surface area contributed by atoms with Crippen LogP contribution in [0.1, 0.15) is 21.5 Å². The van der Waals surface area contributed by atoms with Crippen LogP contribution in [0.25, 0.3) is 5.69 Å². The molecule has 1 amide bonds. The molecule has 3 aromatic rings. The van der Waals surface area contributed by atoms with Crippen molar-refractivity contribution in [1.29, 1.82) is 0 Å². The van der Waals surface area contributed by atoms with E-state index in [2.05, 4.69) is 10.4 Å². The van der Waals surface area contributed by atoms with E-state index < -0.39 is 0 Å². The number of carbonyl (C=O) groups is 1. The fraction of sp³-hybridized carbons (Fsp3) is 0.111. The van der Waals surface area contributed by atoms with Crippen LogP contribution in [0, 0.1) is 13.8 Å². The Kier molecular flexibility index (Phi) is 4.17. The van der Waals surface area contributed by atoms with Gasteiger partial charge in [0.05, 0.1) is 5.69 Å². The topological polar surface area (TPSA) is 46.9 Å². The number of rotatable bonds is 3. The van der Waals surface area contributed by atoms with E-state index in [0.717, 1.165) is 16.8 Å². The number of aryl methyl sites for hydroxylation is 2. The Morgan fingerprint density at radius 2 is 1.74 bits per heavy atom. The van der Waals surface area contributed by atoms with E-state index in [9.17, 15) is 4.79 Å². The van der Waals surface area contributed by atoms with Crippen molar-refractivity contribution in [2.75, 3.05) is 5.32 Å². The molecule has 1 N–H and O–H groups in total. The van der Waals surface area contributed by atoms with Crippen molar-refractivity contribution in [1.82, 2.24) is 9.78 Å². The molecule has 116 valence electrons. The highest BCUT2D eigenvalue weighted by Gasteiger charge is 2.13. The average Bonchev–Trinajstić information content (AvgIpc) is 2.89. The van der Waals surface area contributed by atoms with Crippen LogP contribution in [-0.2, 0) is 0 Å². The minimum absolute atomic E-state index is 0.160. The maximum absolute atomic E-state index is 12.4. The standard InChI is InChI=1S/C18H16ClN3O/c1-12-5-3-4-6-16(12)18(23)20-17-13(2)11-22(21-17)15-9-7-14(19)8-10-15/h3-11H,1-2H3,(H,20,21,23). The lowest BCUT2D eigenvalue weighted by Gasteiger charge is -2.06. The zero-order valence-corrected chi connectivity index (χ0v) is 13.6. The Morgan fingerprint density at radius 1 is 1.04 bits per heavy atom. The highest BCUT2D eigenvalue weighted by Crippen LogP contribution is 2.19. The predicted octanol–water partition coefficient (Wildman–Crippen LogP) is 4.39. The fourth-order valence-corrected chi connectivity index (χ4v) is 2.44. The molecule has 0 unspecified atom stereocenters. The van der Waals surface area contributed by atoms with Crippen LogP contribution in [0.4, 0.5) is 5.82 Å². The van der Waals surface area contributed by atoms with E-state index in [1.165, 1.54) is 0 Å². The van der Waals surface area contributed by atoms with Gasteiger partial charge in [0.25, 0.3) is 5.91 Å². The van der Waals surface area contributed by atoms with Gasteiger partial charge in [-0.15, -0.1) is 5.10 Å². The highest BCUT2D eigenvalue weighted by atomic mass is 35.5. The Morgan fingerprint density at radius 3 is 2.43 bits per heavy atom. The van der Waals surface area contributed by atoms with Crippen LogP contribution in [0.2, 0.25) is 5.02 Å². The Balaban J connectivity index is 1.86. The van der Waals surface area contributed by atoms with Gasteiger partial charge in [-0.2, -0.15) is 0 Å². The number of aromatic nitrogens is 2. The normalized spacial score (nSPS) is 10.6. The summed E-state index contributed by atoms with van der Waals surface area (Å²) in [4.78, 5) is 12.4. The molecular weight excluding hydrogens is 310 g/mol. The third-order valence-electron chi connectivity index (χ3n) is 3.61. The van der Waals surface area contributed by atoms with Crippen LogP contribution >= 0.6 is 11.6 Å². The molecule has 0 bridgehead atoms. The van der Waals surface area contributed by atoms with Crippen molar-refractivity contribution in [3.63, 3.8) is 0 Å². The van der Waals surface area contributed by atoms with Crippen molar-refractivity contribution in [3.05, 3.63) is 76.4 Å². The maximum atomic E-state index is 12.4. The monoisotopic (exact) mass is 325 g/mol. The molecule has 4 nitrogen and oxygen atoms in total. The fourth-order valence-electron chi connectivity index (χ4n) is 2.31. The number of halogens is 1. The first kappa shape index (κ1) is 15.3. The van der Waals surface area contributed by atoms with E-state index in [0.29, 0.717) is 16.4 Å². The van der Waals surface area contributed by atoms with Crippen molar-refractivity contribution in [3.8, 4) is 5.69 Å². The lowest BCUT2D eigenvalue weighted by molar-refractivity contribution is 0.102. The summed E-state index contributed by atoms with van der Waals surface area (Å²) in [5.41, 5.74) is 3.35. The van der Waals surface area contributed by atoms with Crippen molar-refractivity contribution < 1.29 is 4.79 Å². The average molecular weight is 326 g/mol. The summed E-state index contributed by atoms with van der Waals surface area (Å²) in [6.07, 6.45) is 1.87. The minimum atomic E-state index is -0.160. The zero-order valence-electron chi connectivity index (χ0n) is 12.9. The number of carbonyl (C=O) groups excluding carboxylic acids is 1. The smallest absolute Gasteiger partial charge is 0.257 e. The summed E-state index contributed by atoms with van der Waals surface area (Å²) in [6, 6.07) is 14.8. The number of anilines is 1. The van der Waals surface area contributed by atoms with Crippen LogP contribution < -0.4 is 5.32 Å². The molecule has 0 aliphatic carbocycles. The first-order chi connectivity index (χ1) is 11.0.